The molecule has 0 amide bonds. The molecule has 0 saturated carbocycles. The second-order valence-electron chi connectivity index (χ2n) is 5.89. The van der Waals surface area contributed by atoms with Crippen LogP contribution in [0.4, 0.5) is 5.82 Å². The van der Waals surface area contributed by atoms with Gasteiger partial charge in [0, 0.05) is 11.6 Å². The van der Waals surface area contributed by atoms with E-state index in [0.29, 0.717) is 11.6 Å². The smallest absolute Gasteiger partial charge is 0.163 e. The van der Waals surface area contributed by atoms with Gasteiger partial charge in [-0.3, -0.25) is 0 Å². The molecule has 0 spiro atoms. The third-order valence-electron chi connectivity index (χ3n) is 3.21. The largest absolute Gasteiger partial charge is 0.384 e. The number of nitriles is 1. The van der Waals surface area contributed by atoms with Crippen LogP contribution < -0.4 is 5.73 Å². The van der Waals surface area contributed by atoms with Gasteiger partial charge in [0.25, 0.3) is 0 Å². The Morgan fingerprint density at radius 1 is 1.15 bits per heavy atom. The fourth-order valence-corrected chi connectivity index (χ4v) is 1.97. The SMILES string of the molecule is Cc1ccc(C(C)(C)C)cc1-c1nc(N)cc(C#N)n1. The van der Waals surface area contributed by atoms with Gasteiger partial charge in [-0.1, -0.05) is 32.9 Å². The maximum absolute atomic E-state index is 8.99. The third-order valence-corrected chi connectivity index (χ3v) is 3.21. The van der Waals surface area contributed by atoms with Crippen LogP contribution in [0, 0.1) is 18.3 Å². The molecule has 0 unspecified atom stereocenters. The van der Waals surface area contributed by atoms with Crippen molar-refractivity contribution >= 4 is 5.82 Å². The molecule has 1 heterocycles. The number of benzene rings is 1. The van der Waals surface area contributed by atoms with Gasteiger partial charge in [-0.15, -0.1) is 0 Å². The number of hydrogen-bond acceptors (Lipinski definition) is 4. The topological polar surface area (TPSA) is 75.6 Å². The van der Waals surface area contributed by atoms with Crippen LogP contribution >= 0.6 is 0 Å². The van der Waals surface area contributed by atoms with Crippen molar-refractivity contribution in [2.45, 2.75) is 33.1 Å². The van der Waals surface area contributed by atoms with Crippen LogP contribution in [0.15, 0.2) is 24.3 Å². The predicted molar refractivity (Wildman–Crippen MR) is 80.0 cm³/mol. The molecule has 1 aromatic heterocycles. The number of aromatic nitrogens is 2. The molecule has 2 aromatic rings. The van der Waals surface area contributed by atoms with Gasteiger partial charge in [0.05, 0.1) is 0 Å². The number of nitrogens with two attached hydrogens (primary N) is 1. The molecule has 20 heavy (non-hydrogen) atoms. The van der Waals surface area contributed by atoms with E-state index in [1.54, 1.807) is 0 Å². The normalized spacial score (nSPS) is 11.2. The van der Waals surface area contributed by atoms with Crippen LogP contribution in [0.25, 0.3) is 11.4 Å². The number of anilines is 1. The molecule has 102 valence electrons. The lowest BCUT2D eigenvalue weighted by Crippen LogP contribution is -2.11. The van der Waals surface area contributed by atoms with Crippen molar-refractivity contribution in [1.82, 2.24) is 9.97 Å². The average Bonchev–Trinajstić information content (AvgIpc) is 2.37. The van der Waals surface area contributed by atoms with E-state index in [1.807, 2.05) is 13.0 Å². The van der Waals surface area contributed by atoms with Gasteiger partial charge in [-0.2, -0.15) is 5.26 Å². The zero-order chi connectivity index (χ0) is 14.9. The van der Waals surface area contributed by atoms with Gasteiger partial charge in [-0.05, 0) is 29.5 Å². The fourth-order valence-electron chi connectivity index (χ4n) is 1.97. The minimum absolute atomic E-state index is 0.0425. The molecule has 1 aromatic carbocycles. The molecule has 0 saturated heterocycles. The van der Waals surface area contributed by atoms with Gasteiger partial charge in [-0.25, -0.2) is 9.97 Å². The second-order valence-corrected chi connectivity index (χ2v) is 5.89. The first-order chi connectivity index (χ1) is 9.31. The van der Waals surface area contributed by atoms with Crippen LogP contribution in [0.1, 0.15) is 37.6 Å². The highest BCUT2D eigenvalue weighted by Crippen LogP contribution is 2.29. The van der Waals surface area contributed by atoms with E-state index < -0.39 is 0 Å². The van der Waals surface area contributed by atoms with E-state index in [4.69, 9.17) is 11.0 Å². The number of aryl methyl sites for hydroxylation is 1. The molecule has 2 N–H and O–H groups in total. The van der Waals surface area contributed by atoms with Gasteiger partial charge in [0.15, 0.2) is 5.82 Å². The molecule has 2 rings (SSSR count). The van der Waals surface area contributed by atoms with Crippen molar-refractivity contribution in [1.29, 1.82) is 5.26 Å². The molecule has 0 fully saturated rings. The van der Waals surface area contributed by atoms with E-state index in [9.17, 15) is 0 Å². The molecular formula is C16H18N4. The zero-order valence-electron chi connectivity index (χ0n) is 12.2. The van der Waals surface area contributed by atoms with E-state index in [2.05, 4.69) is 48.9 Å². The van der Waals surface area contributed by atoms with Crippen molar-refractivity contribution in [3.05, 3.63) is 41.1 Å². The third kappa shape index (κ3) is 2.77. The van der Waals surface area contributed by atoms with Crippen LogP contribution in [-0.2, 0) is 5.41 Å². The minimum atomic E-state index is 0.0425. The lowest BCUT2D eigenvalue weighted by molar-refractivity contribution is 0.590. The number of rotatable bonds is 1. The van der Waals surface area contributed by atoms with Crippen molar-refractivity contribution < 1.29 is 0 Å². The van der Waals surface area contributed by atoms with Crippen molar-refractivity contribution in [2.24, 2.45) is 0 Å². The molecule has 0 atom stereocenters. The number of nitrogen functional groups attached to an aromatic ring is 1. The standard InChI is InChI=1S/C16H18N4/c1-10-5-6-11(16(2,3)4)7-13(10)15-19-12(9-17)8-14(18)20-15/h5-8H,1-4H3,(H2,18,19,20). The Morgan fingerprint density at radius 2 is 1.85 bits per heavy atom. The van der Waals surface area contributed by atoms with E-state index in [-0.39, 0.29) is 11.1 Å². The Kier molecular flexibility index (Phi) is 3.46. The minimum Gasteiger partial charge on any atom is -0.384 e. The Bertz CT molecular complexity index is 691. The van der Waals surface area contributed by atoms with Crippen molar-refractivity contribution in [3.8, 4) is 17.5 Å². The first-order valence-corrected chi connectivity index (χ1v) is 6.47. The Balaban J connectivity index is 2.64. The molecule has 0 aliphatic rings. The quantitative estimate of drug-likeness (QED) is 0.860. The number of nitrogens with zero attached hydrogens (tertiary/aromatic N) is 3. The monoisotopic (exact) mass is 266 g/mol. The van der Waals surface area contributed by atoms with Crippen LogP contribution in [-0.4, -0.2) is 9.97 Å². The lowest BCUT2D eigenvalue weighted by Gasteiger charge is -2.20. The van der Waals surface area contributed by atoms with Crippen molar-refractivity contribution in [3.63, 3.8) is 0 Å². The lowest BCUT2D eigenvalue weighted by atomic mass is 9.85. The molecule has 0 radical (unpaired) electrons. The van der Waals surface area contributed by atoms with Gasteiger partial charge >= 0.3 is 0 Å². The summed E-state index contributed by atoms with van der Waals surface area (Å²) in [7, 11) is 0. The number of hydrogen-bond donors (Lipinski definition) is 1. The molecular weight excluding hydrogens is 248 g/mol. The Morgan fingerprint density at radius 3 is 2.45 bits per heavy atom. The molecule has 0 aliphatic heterocycles. The summed E-state index contributed by atoms with van der Waals surface area (Å²) in [6, 6.07) is 9.72. The molecule has 4 nitrogen and oxygen atoms in total. The predicted octanol–water partition coefficient (Wildman–Crippen LogP) is 3.20. The summed E-state index contributed by atoms with van der Waals surface area (Å²) in [5.74, 6) is 0.817. The first-order valence-electron chi connectivity index (χ1n) is 6.47. The summed E-state index contributed by atoms with van der Waals surface area (Å²) < 4.78 is 0. The second kappa shape index (κ2) is 4.93. The van der Waals surface area contributed by atoms with E-state index in [1.165, 1.54) is 11.6 Å². The van der Waals surface area contributed by atoms with Crippen LogP contribution in [0.3, 0.4) is 0 Å². The fraction of sp³-hybridized carbons (Fsp3) is 0.312. The first kappa shape index (κ1) is 14.0. The van der Waals surface area contributed by atoms with Gasteiger partial charge in [0.2, 0.25) is 0 Å². The Hall–Kier alpha value is -2.41. The summed E-state index contributed by atoms with van der Waals surface area (Å²) in [5.41, 5.74) is 9.25. The van der Waals surface area contributed by atoms with Crippen molar-refractivity contribution in [2.75, 3.05) is 5.73 Å². The maximum atomic E-state index is 8.99. The zero-order valence-corrected chi connectivity index (χ0v) is 12.2. The van der Waals surface area contributed by atoms with Crippen LogP contribution in [0.5, 0.6) is 0 Å². The average molecular weight is 266 g/mol. The maximum Gasteiger partial charge on any atom is 0.163 e. The van der Waals surface area contributed by atoms with E-state index in [0.717, 1.165) is 11.1 Å². The molecule has 4 heteroatoms. The molecule has 0 bridgehead atoms. The summed E-state index contributed by atoms with van der Waals surface area (Å²) >= 11 is 0. The van der Waals surface area contributed by atoms with Gasteiger partial charge < -0.3 is 5.73 Å². The highest BCUT2D eigenvalue weighted by molar-refractivity contribution is 5.63. The van der Waals surface area contributed by atoms with Gasteiger partial charge in [0.1, 0.15) is 17.6 Å². The molecule has 0 aliphatic carbocycles. The summed E-state index contributed by atoms with van der Waals surface area (Å²) in [6.45, 7) is 8.47. The van der Waals surface area contributed by atoms with E-state index >= 15 is 0 Å². The summed E-state index contributed by atoms with van der Waals surface area (Å²) in [5, 5.41) is 8.99. The van der Waals surface area contributed by atoms with Crippen LogP contribution in [0.2, 0.25) is 0 Å². The summed E-state index contributed by atoms with van der Waals surface area (Å²) in [4.78, 5) is 8.51. The Labute approximate surface area is 119 Å². The summed E-state index contributed by atoms with van der Waals surface area (Å²) in [6.07, 6.45) is 0. The highest BCUT2D eigenvalue weighted by atomic mass is 14.9. The highest BCUT2D eigenvalue weighted by Gasteiger charge is 2.16.